The largest absolute Gasteiger partial charge is 0.339 e. The predicted octanol–water partition coefficient (Wildman–Crippen LogP) is 2.94. The summed E-state index contributed by atoms with van der Waals surface area (Å²) in [5.41, 5.74) is 0.511. The van der Waals surface area contributed by atoms with E-state index in [0.717, 1.165) is 44.5 Å². The summed E-state index contributed by atoms with van der Waals surface area (Å²) in [6.45, 7) is 3.41. The third-order valence-corrected chi connectivity index (χ3v) is 5.34. The Kier molecular flexibility index (Phi) is 4.01. The van der Waals surface area contributed by atoms with Crippen LogP contribution >= 0.6 is 15.9 Å². The van der Waals surface area contributed by atoms with E-state index in [-0.39, 0.29) is 11.5 Å². The number of hydrogen-bond acceptors (Lipinski definition) is 2. The average Bonchev–Trinajstić information content (AvgIpc) is 2.91. The Balaban J connectivity index is 1.73. The van der Waals surface area contributed by atoms with E-state index in [9.17, 15) is 13.6 Å². The van der Waals surface area contributed by atoms with Crippen molar-refractivity contribution in [2.75, 3.05) is 26.2 Å². The van der Waals surface area contributed by atoms with Crippen LogP contribution in [0, 0.1) is 17.0 Å². The quantitative estimate of drug-likeness (QED) is 0.782. The summed E-state index contributed by atoms with van der Waals surface area (Å²) < 4.78 is 26.8. The fraction of sp³-hybridized carbons (Fsp3) is 0.533. The van der Waals surface area contributed by atoms with Crippen LogP contribution in [-0.2, 0) is 0 Å². The molecule has 2 aliphatic rings. The van der Waals surface area contributed by atoms with Gasteiger partial charge in [-0.15, -0.1) is 0 Å². The molecule has 3 rings (SSSR count). The molecular formula is C15H17BrF2N2O. The van der Waals surface area contributed by atoms with Crippen LogP contribution in [0.5, 0.6) is 0 Å². The molecule has 21 heavy (non-hydrogen) atoms. The first-order valence-electron chi connectivity index (χ1n) is 7.15. The normalized spacial score (nSPS) is 21.0. The molecule has 1 amide bonds. The Morgan fingerprint density at radius 2 is 1.86 bits per heavy atom. The van der Waals surface area contributed by atoms with Gasteiger partial charge in [0.1, 0.15) is 0 Å². The molecule has 0 atom stereocenters. The zero-order valence-electron chi connectivity index (χ0n) is 11.6. The molecule has 2 fully saturated rings. The van der Waals surface area contributed by atoms with Crippen LogP contribution in [0.3, 0.4) is 0 Å². The minimum Gasteiger partial charge on any atom is -0.339 e. The first-order chi connectivity index (χ1) is 10.0. The maximum Gasteiger partial charge on any atom is 0.255 e. The predicted molar refractivity (Wildman–Crippen MR) is 79.1 cm³/mol. The van der Waals surface area contributed by atoms with Crippen LogP contribution in [0.1, 0.15) is 29.6 Å². The van der Waals surface area contributed by atoms with Gasteiger partial charge in [-0.25, -0.2) is 8.78 Å². The van der Waals surface area contributed by atoms with E-state index in [4.69, 9.17) is 0 Å². The summed E-state index contributed by atoms with van der Waals surface area (Å²) in [5.74, 6) is -2.18. The number of hydrogen-bond donors (Lipinski definition) is 1. The Bertz CT molecular complexity index is 563. The topological polar surface area (TPSA) is 32.3 Å². The molecule has 0 bridgehead atoms. The highest BCUT2D eigenvalue weighted by molar-refractivity contribution is 9.10. The number of benzene rings is 1. The number of likely N-dealkylation sites (tertiary alicyclic amines) is 1. The molecule has 6 heteroatoms. The van der Waals surface area contributed by atoms with Gasteiger partial charge in [0.25, 0.3) is 5.91 Å². The fourth-order valence-electron chi connectivity index (χ4n) is 3.26. The van der Waals surface area contributed by atoms with E-state index in [2.05, 4.69) is 21.2 Å². The minimum absolute atomic E-state index is 0.189. The van der Waals surface area contributed by atoms with Gasteiger partial charge in [0.15, 0.2) is 11.6 Å². The maximum atomic E-state index is 13.4. The highest BCUT2D eigenvalue weighted by atomic mass is 79.9. The summed E-state index contributed by atoms with van der Waals surface area (Å²) >= 11 is 3.14. The molecule has 1 N–H and O–H groups in total. The number of piperidine rings is 1. The van der Waals surface area contributed by atoms with Crippen molar-refractivity contribution in [2.45, 2.75) is 19.3 Å². The maximum absolute atomic E-state index is 13.4. The summed E-state index contributed by atoms with van der Waals surface area (Å²) in [6, 6.07) is 1.98. The standard InChI is InChI=1S/C15H17BrF2N2O/c16-11-8-13(18)12(17)7-10(11)14(21)20-5-2-15(3-6-20)1-4-19-9-15/h7-8,19H,1-6,9H2. The molecule has 0 saturated carbocycles. The van der Waals surface area contributed by atoms with Gasteiger partial charge in [0.2, 0.25) is 0 Å². The van der Waals surface area contributed by atoms with Crippen molar-refractivity contribution in [3.63, 3.8) is 0 Å². The molecule has 0 aliphatic carbocycles. The Labute approximate surface area is 130 Å². The number of carbonyl (C=O) groups excluding carboxylic acids is 1. The second kappa shape index (κ2) is 5.65. The van der Waals surface area contributed by atoms with Crippen LogP contribution < -0.4 is 5.32 Å². The van der Waals surface area contributed by atoms with Crippen molar-refractivity contribution >= 4 is 21.8 Å². The van der Waals surface area contributed by atoms with E-state index in [1.54, 1.807) is 4.90 Å². The zero-order chi connectivity index (χ0) is 15.0. The molecule has 114 valence electrons. The highest BCUT2D eigenvalue weighted by Crippen LogP contribution is 2.37. The van der Waals surface area contributed by atoms with E-state index in [1.807, 2.05) is 0 Å². The summed E-state index contributed by atoms with van der Waals surface area (Å²) in [4.78, 5) is 14.2. The van der Waals surface area contributed by atoms with Crippen LogP contribution in [-0.4, -0.2) is 37.0 Å². The van der Waals surface area contributed by atoms with E-state index in [1.165, 1.54) is 0 Å². The van der Waals surface area contributed by atoms with Gasteiger partial charge in [-0.05, 0) is 59.3 Å². The number of amides is 1. The minimum atomic E-state index is -0.991. The molecule has 2 heterocycles. The van der Waals surface area contributed by atoms with Crippen molar-refractivity contribution in [3.8, 4) is 0 Å². The molecule has 2 saturated heterocycles. The number of rotatable bonds is 1. The zero-order valence-corrected chi connectivity index (χ0v) is 13.2. The lowest BCUT2D eigenvalue weighted by molar-refractivity contribution is 0.0606. The molecule has 1 aromatic carbocycles. The van der Waals surface area contributed by atoms with Gasteiger partial charge in [0.05, 0.1) is 5.56 Å². The second-order valence-corrected chi connectivity index (χ2v) is 6.82. The first kappa shape index (κ1) is 14.9. The van der Waals surface area contributed by atoms with Crippen molar-refractivity contribution in [3.05, 3.63) is 33.8 Å². The van der Waals surface area contributed by atoms with Gasteiger partial charge in [0, 0.05) is 24.1 Å². The Hall–Kier alpha value is -1.01. The van der Waals surface area contributed by atoms with Crippen molar-refractivity contribution in [1.82, 2.24) is 10.2 Å². The molecule has 0 unspecified atom stereocenters. The van der Waals surface area contributed by atoms with Crippen LogP contribution in [0.4, 0.5) is 8.78 Å². The van der Waals surface area contributed by atoms with Crippen LogP contribution in [0.2, 0.25) is 0 Å². The second-order valence-electron chi connectivity index (χ2n) is 5.97. The lowest BCUT2D eigenvalue weighted by Gasteiger charge is -2.39. The molecule has 1 aromatic rings. The van der Waals surface area contributed by atoms with E-state index < -0.39 is 11.6 Å². The molecule has 3 nitrogen and oxygen atoms in total. The molecule has 2 aliphatic heterocycles. The fourth-order valence-corrected chi connectivity index (χ4v) is 3.75. The lowest BCUT2D eigenvalue weighted by Crippen LogP contribution is -2.44. The van der Waals surface area contributed by atoms with Gasteiger partial charge >= 0.3 is 0 Å². The van der Waals surface area contributed by atoms with Gasteiger partial charge in [-0.1, -0.05) is 0 Å². The number of nitrogens with one attached hydrogen (secondary N) is 1. The van der Waals surface area contributed by atoms with Crippen molar-refractivity contribution < 1.29 is 13.6 Å². The lowest BCUT2D eigenvalue weighted by atomic mass is 9.78. The van der Waals surface area contributed by atoms with E-state index >= 15 is 0 Å². The number of carbonyl (C=O) groups is 1. The molecule has 1 spiro atoms. The van der Waals surface area contributed by atoms with Crippen LogP contribution in [0.15, 0.2) is 16.6 Å². The summed E-state index contributed by atoms with van der Waals surface area (Å²) in [7, 11) is 0. The Morgan fingerprint density at radius 3 is 2.48 bits per heavy atom. The SMILES string of the molecule is O=C(c1cc(F)c(F)cc1Br)N1CCC2(CCNC2)CC1. The number of halogens is 3. The van der Waals surface area contributed by atoms with Crippen LogP contribution in [0.25, 0.3) is 0 Å². The molecule has 0 radical (unpaired) electrons. The summed E-state index contributed by atoms with van der Waals surface area (Å²) in [5, 5.41) is 3.38. The highest BCUT2D eigenvalue weighted by Gasteiger charge is 2.38. The number of nitrogens with zero attached hydrogens (tertiary/aromatic N) is 1. The monoisotopic (exact) mass is 358 g/mol. The smallest absolute Gasteiger partial charge is 0.255 e. The van der Waals surface area contributed by atoms with Gasteiger partial charge in [-0.3, -0.25) is 4.79 Å². The Morgan fingerprint density at radius 1 is 1.19 bits per heavy atom. The third-order valence-electron chi connectivity index (χ3n) is 4.68. The molecular weight excluding hydrogens is 342 g/mol. The van der Waals surface area contributed by atoms with Gasteiger partial charge in [-0.2, -0.15) is 0 Å². The third kappa shape index (κ3) is 2.83. The average molecular weight is 359 g/mol. The van der Waals surface area contributed by atoms with Crippen molar-refractivity contribution in [2.24, 2.45) is 5.41 Å². The molecule has 0 aromatic heterocycles. The van der Waals surface area contributed by atoms with Gasteiger partial charge < -0.3 is 10.2 Å². The summed E-state index contributed by atoms with van der Waals surface area (Å²) in [6.07, 6.45) is 3.09. The van der Waals surface area contributed by atoms with E-state index in [0.29, 0.717) is 23.0 Å². The first-order valence-corrected chi connectivity index (χ1v) is 7.95. The van der Waals surface area contributed by atoms with Crippen molar-refractivity contribution in [1.29, 1.82) is 0 Å².